The molecule has 0 N–H and O–H groups in total. The number of benzene rings is 3. The van der Waals surface area contributed by atoms with Gasteiger partial charge in [-0.25, -0.2) is 4.90 Å². The third kappa shape index (κ3) is 2.10. The Morgan fingerprint density at radius 1 is 0.839 bits per heavy atom. The number of nitrogens with zero attached hydrogens (tertiary/aromatic N) is 1. The van der Waals surface area contributed by atoms with Gasteiger partial charge in [-0.2, -0.15) is 0 Å². The molecular formula is C27H23NO3. The fraction of sp³-hybridized carbons (Fsp3) is 0.259. The van der Waals surface area contributed by atoms with Crippen LogP contribution in [0.4, 0.5) is 5.69 Å². The van der Waals surface area contributed by atoms with Crippen LogP contribution in [0.15, 0.2) is 72.8 Å². The number of carbonyl (C=O) groups excluding carboxylic acids is 2. The largest absolute Gasteiger partial charge is 0.497 e. The molecule has 0 radical (unpaired) electrons. The monoisotopic (exact) mass is 409 g/mol. The van der Waals surface area contributed by atoms with Gasteiger partial charge in [-0.1, -0.05) is 55.5 Å². The van der Waals surface area contributed by atoms with Gasteiger partial charge < -0.3 is 4.74 Å². The number of carbonyl (C=O) groups is 2. The number of hydrogen-bond acceptors (Lipinski definition) is 3. The predicted molar refractivity (Wildman–Crippen MR) is 118 cm³/mol. The quantitative estimate of drug-likeness (QED) is 0.592. The first-order valence-corrected chi connectivity index (χ1v) is 10.8. The lowest BCUT2D eigenvalue weighted by Crippen LogP contribution is -2.53. The second-order valence-corrected chi connectivity index (χ2v) is 8.69. The van der Waals surface area contributed by atoms with Gasteiger partial charge in [0.25, 0.3) is 0 Å². The Kier molecular flexibility index (Phi) is 3.73. The highest BCUT2D eigenvalue weighted by molar-refractivity contribution is 6.23. The molecule has 3 aromatic rings. The zero-order valence-corrected chi connectivity index (χ0v) is 17.5. The van der Waals surface area contributed by atoms with Crippen molar-refractivity contribution in [3.8, 4) is 5.75 Å². The normalized spacial score (nSPS) is 27.7. The molecule has 2 atom stereocenters. The summed E-state index contributed by atoms with van der Waals surface area (Å²) in [5.74, 6) is -0.333. The van der Waals surface area contributed by atoms with Gasteiger partial charge >= 0.3 is 0 Å². The van der Waals surface area contributed by atoms with Crippen LogP contribution >= 0.6 is 0 Å². The molecule has 0 saturated carbocycles. The van der Waals surface area contributed by atoms with Gasteiger partial charge in [0.2, 0.25) is 11.8 Å². The smallest absolute Gasteiger partial charge is 0.238 e. The van der Waals surface area contributed by atoms with Crippen molar-refractivity contribution < 1.29 is 14.3 Å². The van der Waals surface area contributed by atoms with Gasteiger partial charge in [0, 0.05) is 11.3 Å². The first kappa shape index (κ1) is 18.4. The van der Waals surface area contributed by atoms with Crippen LogP contribution in [0.5, 0.6) is 5.75 Å². The molecule has 4 heteroatoms. The maximum Gasteiger partial charge on any atom is 0.238 e. The van der Waals surface area contributed by atoms with Crippen LogP contribution in [0.25, 0.3) is 0 Å². The van der Waals surface area contributed by atoms with E-state index in [0.29, 0.717) is 11.4 Å². The second-order valence-electron chi connectivity index (χ2n) is 8.69. The van der Waals surface area contributed by atoms with E-state index < -0.39 is 5.41 Å². The van der Waals surface area contributed by atoms with E-state index in [1.807, 2.05) is 12.1 Å². The molecule has 7 rings (SSSR count). The molecule has 4 nitrogen and oxygen atoms in total. The van der Waals surface area contributed by atoms with Crippen LogP contribution in [0, 0.1) is 11.8 Å². The molecule has 2 amide bonds. The number of ether oxygens (including phenoxy) is 1. The van der Waals surface area contributed by atoms with Crippen molar-refractivity contribution in [1.82, 2.24) is 0 Å². The number of imide groups is 1. The Labute approximate surface area is 181 Å². The van der Waals surface area contributed by atoms with Crippen LogP contribution in [0.1, 0.15) is 41.5 Å². The second kappa shape index (κ2) is 6.30. The summed E-state index contributed by atoms with van der Waals surface area (Å²) >= 11 is 0. The van der Waals surface area contributed by atoms with Gasteiger partial charge in [-0.3, -0.25) is 9.59 Å². The van der Waals surface area contributed by atoms with E-state index in [-0.39, 0.29) is 29.6 Å². The van der Waals surface area contributed by atoms with E-state index in [0.717, 1.165) is 6.42 Å². The van der Waals surface area contributed by atoms with Crippen molar-refractivity contribution in [2.45, 2.75) is 24.7 Å². The van der Waals surface area contributed by atoms with E-state index in [9.17, 15) is 9.59 Å². The average molecular weight is 409 g/mol. The third-order valence-corrected chi connectivity index (χ3v) is 7.68. The molecule has 1 saturated heterocycles. The number of hydrogen-bond donors (Lipinski definition) is 0. The number of rotatable bonds is 3. The highest BCUT2D eigenvalue weighted by Crippen LogP contribution is 2.65. The highest BCUT2D eigenvalue weighted by Gasteiger charge is 2.67. The molecule has 3 aromatic carbocycles. The molecule has 4 aliphatic rings. The van der Waals surface area contributed by atoms with E-state index in [1.165, 1.54) is 27.2 Å². The molecule has 0 spiro atoms. The maximum absolute atomic E-state index is 14.0. The molecule has 2 bridgehead atoms. The fourth-order valence-electron chi connectivity index (χ4n) is 6.52. The highest BCUT2D eigenvalue weighted by atomic mass is 16.5. The summed E-state index contributed by atoms with van der Waals surface area (Å²) in [7, 11) is 1.60. The summed E-state index contributed by atoms with van der Waals surface area (Å²) < 4.78 is 5.25. The lowest BCUT2D eigenvalue weighted by atomic mass is 9.46. The first-order valence-electron chi connectivity index (χ1n) is 10.8. The predicted octanol–water partition coefficient (Wildman–Crippen LogP) is 4.66. The van der Waals surface area contributed by atoms with Crippen molar-refractivity contribution >= 4 is 17.5 Å². The summed E-state index contributed by atoms with van der Waals surface area (Å²) in [5.41, 5.74) is 4.94. The Bertz CT molecular complexity index is 1180. The minimum absolute atomic E-state index is 0.0870. The van der Waals surface area contributed by atoms with Crippen LogP contribution in [0.3, 0.4) is 0 Å². The Balaban J connectivity index is 1.60. The zero-order valence-electron chi connectivity index (χ0n) is 17.5. The number of methoxy groups -OCH3 is 1. The van der Waals surface area contributed by atoms with Crippen LogP contribution < -0.4 is 9.64 Å². The molecule has 1 fully saturated rings. The molecule has 31 heavy (non-hydrogen) atoms. The van der Waals surface area contributed by atoms with Crippen LogP contribution in [-0.4, -0.2) is 18.9 Å². The summed E-state index contributed by atoms with van der Waals surface area (Å²) in [4.78, 5) is 29.2. The minimum atomic E-state index is -0.486. The van der Waals surface area contributed by atoms with Crippen LogP contribution in [0.2, 0.25) is 0 Å². The van der Waals surface area contributed by atoms with Gasteiger partial charge in [-0.15, -0.1) is 0 Å². The van der Waals surface area contributed by atoms with Crippen molar-refractivity contribution in [3.05, 3.63) is 95.1 Å². The summed E-state index contributed by atoms with van der Waals surface area (Å²) in [5, 5.41) is 0. The van der Waals surface area contributed by atoms with Crippen LogP contribution in [-0.2, 0) is 15.0 Å². The molecule has 1 aliphatic heterocycles. The standard InChI is InChI=1S/C27H23NO3/c1-3-27-20-10-6-4-8-18(20)22(19-9-5-7-11-21(19)27)23-24(27)26(30)28(25(23)29)16-12-14-17(31-2)15-13-16/h4-15,22-24H,3H2,1-2H3/t22?,23-,24+,27?/m0/s1. The van der Waals surface area contributed by atoms with Crippen molar-refractivity contribution in [2.24, 2.45) is 11.8 Å². The van der Waals surface area contributed by atoms with Gasteiger partial charge in [0.1, 0.15) is 5.75 Å². The Morgan fingerprint density at radius 3 is 1.97 bits per heavy atom. The van der Waals surface area contributed by atoms with E-state index >= 15 is 0 Å². The number of amides is 2. The summed E-state index contributed by atoms with van der Waals surface area (Å²) in [6.45, 7) is 2.14. The lowest BCUT2D eigenvalue weighted by Gasteiger charge is -2.54. The summed E-state index contributed by atoms with van der Waals surface area (Å²) in [6, 6.07) is 24.0. The number of anilines is 1. The zero-order chi connectivity index (χ0) is 21.3. The maximum atomic E-state index is 14.0. The molecule has 0 aromatic heterocycles. The fourth-order valence-corrected chi connectivity index (χ4v) is 6.52. The molecular weight excluding hydrogens is 386 g/mol. The summed E-state index contributed by atoms with van der Waals surface area (Å²) in [6.07, 6.45) is 0.768. The molecule has 0 unspecified atom stereocenters. The van der Waals surface area contributed by atoms with E-state index in [1.54, 1.807) is 31.4 Å². The average Bonchev–Trinajstić information content (AvgIpc) is 3.10. The third-order valence-electron chi connectivity index (χ3n) is 7.68. The van der Waals surface area contributed by atoms with Crippen molar-refractivity contribution in [3.63, 3.8) is 0 Å². The molecule has 1 heterocycles. The van der Waals surface area contributed by atoms with Crippen molar-refractivity contribution in [2.75, 3.05) is 12.0 Å². The SMILES string of the molecule is CCC12c3ccccc3C(c3ccccc31)[C@@H]1C(=O)N(c3ccc(OC)cc3)C(=O)[C@@H]12. The van der Waals surface area contributed by atoms with Gasteiger partial charge in [0.15, 0.2) is 0 Å². The first-order chi connectivity index (χ1) is 15.1. The lowest BCUT2D eigenvalue weighted by molar-refractivity contribution is -0.123. The van der Waals surface area contributed by atoms with E-state index in [2.05, 4.69) is 43.3 Å². The van der Waals surface area contributed by atoms with Gasteiger partial charge in [0.05, 0.1) is 24.6 Å². The molecule has 3 aliphatic carbocycles. The topological polar surface area (TPSA) is 46.6 Å². The Hall–Kier alpha value is -3.40. The van der Waals surface area contributed by atoms with Gasteiger partial charge in [-0.05, 0) is 52.9 Å². The molecule has 154 valence electrons. The van der Waals surface area contributed by atoms with E-state index in [4.69, 9.17) is 4.74 Å². The minimum Gasteiger partial charge on any atom is -0.497 e. The van der Waals surface area contributed by atoms with Crippen molar-refractivity contribution in [1.29, 1.82) is 0 Å². The Morgan fingerprint density at radius 2 is 1.42 bits per heavy atom.